The highest BCUT2D eigenvalue weighted by molar-refractivity contribution is 5.86. The second-order valence-corrected chi connectivity index (χ2v) is 6.89. The average Bonchev–Trinajstić information content (AvgIpc) is 2.92. The van der Waals surface area contributed by atoms with Crippen LogP contribution in [0.3, 0.4) is 0 Å². The largest absolute Gasteiger partial charge is 0.381 e. The molecule has 5 nitrogen and oxygen atoms in total. The predicted octanol–water partition coefficient (Wildman–Crippen LogP) is 0.971. The molecule has 0 spiro atoms. The van der Waals surface area contributed by atoms with Crippen LogP contribution in [-0.4, -0.2) is 66.7 Å². The molecule has 3 rings (SSSR count). The highest BCUT2D eigenvalue weighted by Gasteiger charge is 2.39. The van der Waals surface area contributed by atoms with Gasteiger partial charge in [0.2, 0.25) is 5.91 Å². The Hall–Kier alpha value is -0.650. The maximum Gasteiger partial charge on any atom is 0.242 e. The summed E-state index contributed by atoms with van der Waals surface area (Å²) in [7, 11) is 0. The Morgan fingerprint density at radius 3 is 2.43 bits per heavy atom. The lowest BCUT2D eigenvalue weighted by atomic mass is 9.89. The van der Waals surface area contributed by atoms with Gasteiger partial charge in [0, 0.05) is 45.4 Å². The van der Waals surface area contributed by atoms with Crippen molar-refractivity contribution in [2.45, 2.75) is 56.5 Å². The van der Waals surface area contributed by atoms with Gasteiger partial charge in [-0.15, -0.1) is 0 Å². The number of nitrogens with two attached hydrogens (primary N) is 1. The molecule has 2 aliphatic heterocycles. The predicted molar refractivity (Wildman–Crippen MR) is 82.0 cm³/mol. The van der Waals surface area contributed by atoms with Crippen LogP contribution in [0.2, 0.25) is 0 Å². The lowest BCUT2D eigenvalue weighted by Crippen LogP contribution is -2.58. The van der Waals surface area contributed by atoms with Gasteiger partial charge in [0.1, 0.15) is 0 Å². The number of amides is 1. The molecule has 120 valence electrons. The minimum Gasteiger partial charge on any atom is -0.381 e. The number of hydrogen-bond acceptors (Lipinski definition) is 4. The number of carbonyl (C=O) groups is 1. The van der Waals surface area contributed by atoms with Gasteiger partial charge in [-0.1, -0.05) is 12.8 Å². The van der Waals surface area contributed by atoms with Crippen molar-refractivity contribution in [2.75, 3.05) is 39.4 Å². The van der Waals surface area contributed by atoms with Gasteiger partial charge in [-0.25, -0.2) is 0 Å². The zero-order valence-corrected chi connectivity index (χ0v) is 13.1. The highest BCUT2D eigenvalue weighted by Crippen LogP contribution is 2.25. The standard InChI is InChI=1S/C16H29N3O2/c17-16(6-12-21-13-7-16)15(20)19-9-3-8-18(10-11-19)14-4-1-2-5-14/h14H,1-13,17H2. The zero-order valence-electron chi connectivity index (χ0n) is 13.1. The van der Waals surface area contributed by atoms with Gasteiger partial charge in [0.25, 0.3) is 0 Å². The fourth-order valence-corrected chi connectivity index (χ4v) is 4.04. The minimum absolute atomic E-state index is 0.152. The first-order chi connectivity index (χ1) is 10.2. The fourth-order valence-electron chi connectivity index (χ4n) is 4.04. The molecule has 0 bridgehead atoms. The van der Waals surface area contributed by atoms with Crippen molar-refractivity contribution in [1.29, 1.82) is 0 Å². The summed E-state index contributed by atoms with van der Waals surface area (Å²) in [4.78, 5) is 17.4. The molecule has 1 saturated carbocycles. The maximum atomic E-state index is 12.8. The van der Waals surface area contributed by atoms with Gasteiger partial charge in [0.05, 0.1) is 5.54 Å². The van der Waals surface area contributed by atoms with Crippen LogP contribution in [0, 0.1) is 0 Å². The van der Waals surface area contributed by atoms with Crippen LogP contribution in [0.4, 0.5) is 0 Å². The van der Waals surface area contributed by atoms with Gasteiger partial charge in [-0.2, -0.15) is 0 Å². The number of nitrogens with zero attached hydrogens (tertiary/aromatic N) is 2. The van der Waals surface area contributed by atoms with E-state index < -0.39 is 5.54 Å². The normalized spacial score (nSPS) is 28.5. The molecule has 2 saturated heterocycles. The summed E-state index contributed by atoms with van der Waals surface area (Å²) >= 11 is 0. The summed E-state index contributed by atoms with van der Waals surface area (Å²) in [6.07, 6.45) is 7.82. The number of carbonyl (C=O) groups excluding carboxylic acids is 1. The number of hydrogen-bond donors (Lipinski definition) is 1. The molecule has 1 amide bonds. The Morgan fingerprint density at radius 1 is 1.00 bits per heavy atom. The quantitative estimate of drug-likeness (QED) is 0.825. The summed E-state index contributed by atoms with van der Waals surface area (Å²) in [5.41, 5.74) is 5.68. The lowest BCUT2D eigenvalue weighted by molar-refractivity contribution is -0.140. The van der Waals surface area contributed by atoms with E-state index in [1.54, 1.807) is 0 Å². The molecule has 3 aliphatic rings. The molecule has 0 unspecified atom stereocenters. The Bertz CT molecular complexity index is 363. The Kier molecular flexibility index (Phi) is 4.82. The van der Waals surface area contributed by atoms with Crippen LogP contribution in [0.25, 0.3) is 0 Å². The van der Waals surface area contributed by atoms with Crippen LogP contribution >= 0.6 is 0 Å². The smallest absolute Gasteiger partial charge is 0.242 e. The van der Waals surface area contributed by atoms with E-state index in [-0.39, 0.29) is 5.91 Å². The molecule has 2 N–H and O–H groups in total. The zero-order chi connectivity index (χ0) is 14.7. The molecule has 5 heteroatoms. The third-order valence-electron chi connectivity index (χ3n) is 5.47. The van der Waals surface area contributed by atoms with Crippen molar-refractivity contribution in [1.82, 2.24) is 9.80 Å². The van der Waals surface area contributed by atoms with Gasteiger partial charge in [0.15, 0.2) is 0 Å². The summed E-state index contributed by atoms with van der Waals surface area (Å²) in [5.74, 6) is 0.152. The van der Waals surface area contributed by atoms with Crippen molar-refractivity contribution in [3.8, 4) is 0 Å². The molecule has 0 aromatic rings. The van der Waals surface area contributed by atoms with E-state index in [2.05, 4.69) is 4.90 Å². The van der Waals surface area contributed by atoms with Crippen molar-refractivity contribution in [3.63, 3.8) is 0 Å². The summed E-state index contributed by atoms with van der Waals surface area (Å²) in [5, 5.41) is 0. The minimum atomic E-state index is -0.680. The lowest BCUT2D eigenvalue weighted by Gasteiger charge is -2.36. The molecule has 21 heavy (non-hydrogen) atoms. The molecular formula is C16H29N3O2. The molecule has 0 aromatic heterocycles. The molecule has 2 heterocycles. The van der Waals surface area contributed by atoms with Crippen molar-refractivity contribution in [3.05, 3.63) is 0 Å². The van der Waals surface area contributed by atoms with Crippen LogP contribution in [0.15, 0.2) is 0 Å². The van der Waals surface area contributed by atoms with Crippen LogP contribution < -0.4 is 5.73 Å². The van der Waals surface area contributed by atoms with E-state index in [9.17, 15) is 4.79 Å². The average molecular weight is 295 g/mol. The number of rotatable bonds is 2. The monoisotopic (exact) mass is 295 g/mol. The van der Waals surface area contributed by atoms with Crippen LogP contribution in [-0.2, 0) is 9.53 Å². The summed E-state index contributed by atoms with van der Waals surface area (Å²) in [6.45, 7) is 5.09. The van der Waals surface area contributed by atoms with E-state index >= 15 is 0 Å². The van der Waals surface area contributed by atoms with E-state index in [1.807, 2.05) is 4.90 Å². The molecule has 3 fully saturated rings. The molecule has 1 aliphatic carbocycles. The van der Waals surface area contributed by atoms with Crippen molar-refractivity contribution >= 4 is 5.91 Å². The van der Waals surface area contributed by atoms with Crippen LogP contribution in [0.1, 0.15) is 44.9 Å². The third kappa shape index (κ3) is 3.41. The molecule has 0 atom stereocenters. The first-order valence-corrected chi connectivity index (χ1v) is 8.59. The summed E-state index contributed by atoms with van der Waals surface area (Å²) in [6, 6.07) is 0.759. The Labute approximate surface area is 127 Å². The number of ether oxygens (including phenoxy) is 1. The highest BCUT2D eigenvalue weighted by atomic mass is 16.5. The van der Waals surface area contributed by atoms with Gasteiger partial charge < -0.3 is 15.4 Å². The molecule has 0 radical (unpaired) electrons. The van der Waals surface area contributed by atoms with Crippen LogP contribution in [0.5, 0.6) is 0 Å². The van der Waals surface area contributed by atoms with E-state index in [0.29, 0.717) is 26.1 Å². The first-order valence-electron chi connectivity index (χ1n) is 8.59. The van der Waals surface area contributed by atoms with E-state index in [0.717, 1.165) is 38.6 Å². The van der Waals surface area contributed by atoms with E-state index in [4.69, 9.17) is 10.5 Å². The first kappa shape index (κ1) is 15.3. The fraction of sp³-hybridized carbons (Fsp3) is 0.938. The van der Waals surface area contributed by atoms with E-state index in [1.165, 1.54) is 25.7 Å². The molecular weight excluding hydrogens is 266 g/mol. The topological polar surface area (TPSA) is 58.8 Å². The summed E-state index contributed by atoms with van der Waals surface area (Å²) < 4.78 is 5.35. The Morgan fingerprint density at radius 2 is 1.71 bits per heavy atom. The maximum absolute atomic E-state index is 12.8. The van der Waals surface area contributed by atoms with Gasteiger partial charge in [-0.05, 0) is 32.1 Å². The van der Waals surface area contributed by atoms with Crippen molar-refractivity contribution < 1.29 is 9.53 Å². The second kappa shape index (κ2) is 6.63. The van der Waals surface area contributed by atoms with Gasteiger partial charge >= 0.3 is 0 Å². The molecule has 0 aromatic carbocycles. The third-order valence-corrected chi connectivity index (χ3v) is 5.47. The SMILES string of the molecule is NC1(C(=O)N2CCCN(C3CCCC3)CC2)CCOCC1. The van der Waals surface area contributed by atoms with Gasteiger partial charge in [-0.3, -0.25) is 9.69 Å². The second-order valence-electron chi connectivity index (χ2n) is 6.89. The Balaban J connectivity index is 1.57. The van der Waals surface area contributed by atoms with Crippen molar-refractivity contribution in [2.24, 2.45) is 5.73 Å².